The van der Waals surface area contributed by atoms with E-state index in [9.17, 15) is 0 Å². The molecule has 0 fully saturated rings. The Bertz CT molecular complexity index is 689. The van der Waals surface area contributed by atoms with E-state index in [1.807, 2.05) is 16.0 Å². The normalized spacial score (nSPS) is 19.7. The van der Waals surface area contributed by atoms with E-state index in [0.29, 0.717) is 10.8 Å². The van der Waals surface area contributed by atoms with Crippen LogP contribution in [0.4, 0.5) is 0 Å². The molecule has 1 aliphatic rings. The molecule has 1 unspecified atom stereocenters. The monoisotopic (exact) mass is 322 g/mol. The first-order chi connectivity index (χ1) is 9.86. The van der Waals surface area contributed by atoms with E-state index < -0.39 is 0 Å². The maximum Gasteiger partial charge on any atom is 0.217 e. The van der Waals surface area contributed by atoms with Crippen LogP contribution in [0.2, 0.25) is 0 Å². The van der Waals surface area contributed by atoms with Crippen LogP contribution in [0.5, 0.6) is 0 Å². The Hall–Kier alpha value is -0.980. The van der Waals surface area contributed by atoms with Crippen molar-refractivity contribution in [1.82, 2.24) is 19.7 Å². The lowest BCUT2D eigenvalue weighted by Crippen LogP contribution is -2.35. The molecule has 0 spiro atoms. The first kappa shape index (κ1) is 14.9. The van der Waals surface area contributed by atoms with Gasteiger partial charge >= 0.3 is 0 Å². The SMILES string of the molecule is CC1c2ccsc2CCN1Cn1[nH]c(C(C)(C)C)nc1=S. The summed E-state index contributed by atoms with van der Waals surface area (Å²) in [5.74, 6) is 0.952. The smallest absolute Gasteiger partial charge is 0.217 e. The molecule has 3 heterocycles. The second-order valence-corrected chi connectivity index (χ2v) is 8.08. The summed E-state index contributed by atoms with van der Waals surface area (Å²) in [7, 11) is 0. The lowest BCUT2D eigenvalue weighted by atomic mass is 9.96. The van der Waals surface area contributed by atoms with Gasteiger partial charge in [-0.2, -0.15) is 0 Å². The van der Waals surface area contributed by atoms with E-state index in [0.717, 1.165) is 25.5 Å². The number of thiophene rings is 1. The average molecular weight is 323 g/mol. The van der Waals surface area contributed by atoms with Gasteiger partial charge in [0, 0.05) is 22.9 Å². The van der Waals surface area contributed by atoms with Crippen LogP contribution in [0.25, 0.3) is 0 Å². The third kappa shape index (κ3) is 2.84. The highest BCUT2D eigenvalue weighted by atomic mass is 32.1. The number of nitrogens with one attached hydrogen (secondary N) is 1. The Kier molecular flexibility index (Phi) is 3.80. The predicted octanol–water partition coefficient (Wildman–Crippen LogP) is 3.88. The molecule has 2 aromatic heterocycles. The lowest BCUT2D eigenvalue weighted by Gasteiger charge is -2.33. The average Bonchev–Trinajstić information content (AvgIpc) is 3.00. The fraction of sp³-hybridized carbons (Fsp3) is 0.600. The quantitative estimate of drug-likeness (QED) is 0.853. The van der Waals surface area contributed by atoms with Gasteiger partial charge in [0.15, 0.2) is 0 Å². The van der Waals surface area contributed by atoms with E-state index in [-0.39, 0.29) is 5.41 Å². The summed E-state index contributed by atoms with van der Waals surface area (Å²) in [6.07, 6.45) is 1.13. The summed E-state index contributed by atoms with van der Waals surface area (Å²) < 4.78 is 2.63. The molecule has 0 saturated heterocycles. The van der Waals surface area contributed by atoms with Gasteiger partial charge in [0.1, 0.15) is 5.82 Å². The molecule has 1 atom stereocenters. The summed E-state index contributed by atoms with van der Waals surface area (Å²) in [6.45, 7) is 10.6. The summed E-state index contributed by atoms with van der Waals surface area (Å²) in [6, 6.07) is 2.69. The molecule has 0 radical (unpaired) electrons. The van der Waals surface area contributed by atoms with E-state index >= 15 is 0 Å². The molecule has 0 amide bonds. The second kappa shape index (κ2) is 5.34. The van der Waals surface area contributed by atoms with Crippen molar-refractivity contribution >= 4 is 23.6 Å². The molecule has 2 aromatic rings. The van der Waals surface area contributed by atoms with Crippen LogP contribution < -0.4 is 0 Å². The molecule has 1 N–H and O–H groups in total. The molecule has 21 heavy (non-hydrogen) atoms. The van der Waals surface area contributed by atoms with Gasteiger partial charge in [-0.3, -0.25) is 10.00 Å². The number of hydrogen-bond acceptors (Lipinski definition) is 4. The number of H-pyrrole nitrogens is 1. The van der Waals surface area contributed by atoms with Crippen LogP contribution in [-0.4, -0.2) is 26.2 Å². The zero-order valence-corrected chi connectivity index (χ0v) is 14.6. The van der Waals surface area contributed by atoms with E-state index in [4.69, 9.17) is 12.2 Å². The van der Waals surface area contributed by atoms with Crippen molar-refractivity contribution < 1.29 is 0 Å². The van der Waals surface area contributed by atoms with Gasteiger partial charge in [-0.15, -0.1) is 11.3 Å². The van der Waals surface area contributed by atoms with E-state index in [1.165, 1.54) is 10.4 Å². The number of nitrogens with zero attached hydrogens (tertiary/aromatic N) is 3. The molecular weight excluding hydrogens is 300 g/mol. The minimum Gasteiger partial charge on any atom is -0.281 e. The van der Waals surface area contributed by atoms with Crippen molar-refractivity contribution in [3.8, 4) is 0 Å². The zero-order valence-electron chi connectivity index (χ0n) is 13.0. The topological polar surface area (TPSA) is 36.9 Å². The Morgan fingerprint density at radius 1 is 1.48 bits per heavy atom. The van der Waals surface area contributed by atoms with Crippen molar-refractivity contribution in [3.05, 3.63) is 32.5 Å². The van der Waals surface area contributed by atoms with Gasteiger partial charge in [0.2, 0.25) is 4.77 Å². The molecule has 4 nitrogen and oxygen atoms in total. The van der Waals surface area contributed by atoms with Crippen molar-refractivity contribution in [3.63, 3.8) is 0 Å². The number of rotatable bonds is 2. The zero-order chi connectivity index (χ0) is 15.2. The van der Waals surface area contributed by atoms with E-state index in [2.05, 4.69) is 54.1 Å². The van der Waals surface area contributed by atoms with E-state index in [1.54, 1.807) is 0 Å². The largest absolute Gasteiger partial charge is 0.281 e. The molecule has 3 rings (SSSR count). The first-order valence-electron chi connectivity index (χ1n) is 7.34. The molecule has 0 aromatic carbocycles. The third-order valence-electron chi connectivity index (χ3n) is 4.12. The minimum atomic E-state index is -0.00709. The van der Waals surface area contributed by atoms with Gasteiger partial charge in [-0.05, 0) is 42.6 Å². The van der Waals surface area contributed by atoms with Crippen molar-refractivity contribution in [2.45, 2.75) is 52.2 Å². The number of hydrogen-bond donors (Lipinski definition) is 1. The first-order valence-corrected chi connectivity index (χ1v) is 8.62. The predicted molar refractivity (Wildman–Crippen MR) is 89.3 cm³/mol. The highest BCUT2D eigenvalue weighted by Gasteiger charge is 2.26. The maximum absolute atomic E-state index is 5.41. The standard InChI is InChI=1S/C15H22N4S2/c1-10-11-6-8-21-12(11)5-7-18(10)9-19-14(20)16-13(17-19)15(2,3)4/h6,8,10H,5,7,9H2,1-4H3,(H,16,17,20). The highest BCUT2D eigenvalue weighted by molar-refractivity contribution is 7.71. The van der Waals surface area contributed by atoms with Gasteiger partial charge in [-0.1, -0.05) is 20.8 Å². The number of aromatic amines is 1. The fourth-order valence-electron chi connectivity index (χ4n) is 2.72. The highest BCUT2D eigenvalue weighted by Crippen LogP contribution is 2.33. The molecular formula is C15H22N4S2. The Morgan fingerprint density at radius 3 is 2.90 bits per heavy atom. The van der Waals surface area contributed by atoms with Crippen LogP contribution in [0.15, 0.2) is 11.4 Å². The lowest BCUT2D eigenvalue weighted by molar-refractivity contribution is 0.144. The van der Waals surface area contributed by atoms with Gasteiger partial charge in [0.25, 0.3) is 0 Å². The van der Waals surface area contributed by atoms with Gasteiger partial charge < -0.3 is 0 Å². The van der Waals surface area contributed by atoms with Crippen LogP contribution in [0.1, 0.15) is 50.0 Å². The molecule has 0 saturated carbocycles. The molecule has 114 valence electrons. The van der Waals surface area contributed by atoms with Crippen molar-refractivity contribution in [1.29, 1.82) is 0 Å². The van der Waals surface area contributed by atoms with Crippen LogP contribution >= 0.6 is 23.6 Å². The third-order valence-corrected chi connectivity index (χ3v) is 5.42. The van der Waals surface area contributed by atoms with Gasteiger partial charge in [0.05, 0.1) is 6.67 Å². The number of fused-ring (bicyclic) bond motifs is 1. The fourth-order valence-corrected chi connectivity index (χ4v) is 3.88. The minimum absolute atomic E-state index is 0.00709. The van der Waals surface area contributed by atoms with Crippen LogP contribution in [0.3, 0.4) is 0 Å². The molecule has 1 aliphatic heterocycles. The molecule has 6 heteroatoms. The summed E-state index contributed by atoms with van der Waals surface area (Å²) in [5.41, 5.74) is 1.46. The Morgan fingerprint density at radius 2 is 2.24 bits per heavy atom. The second-order valence-electron chi connectivity index (χ2n) is 6.71. The Labute approximate surface area is 134 Å². The van der Waals surface area contributed by atoms with Gasteiger partial charge in [-0.25, -0.2) is 9.67 Å². The van der Waals surface area contributed by atoms with Crippen LogP contribution in [0, 0.1) is 4.77 Å². The summed E-state index contributed by atoms with van der Waals surface area (Å²) >= 11 is 7.28. The molecule has 0 aliphatic carbocycles. The summed E-state index contributed by atoms with van der Waals surface area (Å²) in [5, 5.41) is 5.57. The van der Waals surface area contributed by atoms with Crippen molar-refractivity contribution in [2.75, 3.05) is 6.54 Å². The van der Waals surface area contributed by atoms with Crippen LogP contribution in [-0.2, 0) is 18.5 Å². The Balaban J connectivity index is 1.82. The number of aromatic nitrogens is 3. The maximum atomic E-state index is 5.41. The molecule has 0 bridgehead atoms. The summed E-state index contributed by atoms with van der Waals surface area (Å²) in [4.78, 5) is 8.49. The van der Waals surface area contributed by atoms with Crippen molar-refractivity contribution in [2.24, 2.45) is 0 Å².